The van der Waals surface area contributed by atoms with Gasteiger partial charge in [-0.1, -0.05) is 19.8 Å². The predicted octanol–water partition coefficient (Wildman–Crippen LogP) is 0.794. The maximum Gasteiger partial charge on any atom is 0.326 e. The van der Waals surface area contributed by atoms with E-state index in [2.05, 4.69) is 12.2 Å². The van der Waals surface area contributed by atoms with Gasteiger partial charge in [0.15, 0.2) is 0 Å². The summed E-state index contributed by atoms with van der Waals surface area (Å²) >= 11 is 0. The number of aliphatic hydroxyl groups excluding tert-OH is 1. The molecule has 0 spiro atoms. The molecule has 4 atom stereocenters. The monoisotopic (exact) mass is 270 g/mol. The van der Waals surface area contributed by atoms with Crippen molar-refractivity contribution in [2.24, 2.45) is 5.92 Å². The SMILES string of the molecule is CC1CCCC(NC(=O)N2CC(O)C[C@H]2C(=O)O)C1. The molecular formula is C13H22N2O4. The summed E-state index contributed by atoms with van der Waals surface area (Å²) in [6, 6.07) is -1.14. The van der Waals surface area contributed by atoms with E-state index in [-0.39, 0.29) is 25.0 Å². The van der Waals surface area contributed by atoms with E-state index in [1.807, 2.05) is 0 Å². The number of carbonyl (C=O) groups excluding carboxylic acids is 1. The summed E-state index contributed by atoms with van der Waals surface area (Å²) in [5, 5.41) is 21.5. The molecule has 3 unspecified atom stereocenters. The van der Waals surface area contributed by atoms with Gasteiger partial charge in [0.25, 0.3) is 0 Å². The predicted molar refractivity (Wildman–Crippen MR) is 68.7 cm³/mol. The van der Waals surface area contributed by atoms with Gasteiger partial charge in [-0.15, -0.1) is 0 Å². The van der Waals surface area contributed by atoms with Crippen LogP contribution in [0.25, 0.3) is 0 Å². The Labute approximate surface area is 112 Å². The molecule has 2 aliphatic rings. The highest BCUT2D eigenvalue weighted by Gasteiger charge is 2.39. The third-order valence-corrected chi connectivity index (χ3v) is 4.09. The van der Waals surface area contributed by atoms with Crippen LogP contribution in [0.15, 0.2) is 0 Å². The first-order chi connectivity index (χ1) is 8.97. The molecule has 1 saturated carbocycles. The highest BCUT2D eigenvalue weighted by atomic mass is 16.4. The van der Waals surface area contributed by atoms with Crippen LogP contribution in [0.2, 0.25) is 0 Å². The summed E-state index contributed by atoms with van der Waals surface area (Å²) in [7, 11) is 0. The van der Waals surface area contributed by atoms with Gasteiger partial charge in [-0.3, -0.25) is 0 Å². The highest BCUT2D eigenvalue weighted by molar-refractivity contribution is 5.83. The van der Waals surface area contributed by atoms with Crippen molar-refractivity contribution in [3.63, 3.8) is 0 Å². The molecule has 1 aliphatic heterocycles. The average Bonchev–Trinajstić information content (AvgIpc) is 2.71. The molecule has 0 aromatic heterocycles. The Kier molecular flexibility index (Phi) is 4.29. The van der Waals surface area contributed by atoms with E-state index in [1.54, 1.807) is 0 Å². The first-order valence-electron chi connectivity index (χ1n) is 6.95. The lowest BCUT2D eigenvalue weighted by atomic mass is 9.87. The smallest absolute Gasteiger partial charge is 0.326 e. The van der Waals surface area contributed by atoms with Crippen molar-refractivity contribution >= 4 is 12.0 Å². The fourth-order valence-corrected chi connectivity index (χ4v) is 3.10. The van der Waals surface area contributed by atoms with E-state index >= 15 is 0 Å². The third kappa shape index (κ3) is 3.37. The summed E-state index contributed by atoms with van der Waals surface area (Å²) in [6.07, 6.45) is 3.55. The van der Waals surface area contributed by atoms with E-state index in [4.69, 9.17) is 5.11 Å². The molecule has 6 nitrogen and oxygen atoms in total. The van der Waals surface area contributed by atoms with Crippen molar-refractivity contribution in [2.75, 3.05) is 6.54 Å². The average molecular weight is 270 g/mol. The molecule has 108 valence electrons. The molecule has 19 heavy (non-hydrogen) atoms. The zero-order chi connectivity index (χ0) is 14.0. The number of carboxylic acid groups (broad SMARTS) is 1. The van der Waals surface area contributed by atoms with Crippen molar-refractivity contribution in [2.45, 2.75) is 57.2 Å². The van der Waals surface area contributed by atoms with Crippen molar-refractivity contribution in [3.05, 3.63) is 0 Å². The summed E-state index contributed by atoms with van der Waals surface area (Å²) in [4.78, 5) is 24.4. The Morgan fingerprint density at radius 1 is 1.26 bits per heavy atom. The fourth-order valence-electron chi connectivity index (χ4n) is 3.10. The Hall–Kier alpha value is -1.30. The second-order valence-electron chi connectivity index (χ2n) is 5.81. The maximum atomic E-state index is 12.1. The quantitative estimate of drug-likeness (QED) is 0.692. The van der Waals surface area contributed by atoms with E-state index < -0.39 is 18.1 Å². The lowest BCUT2D eigenvalue weighted by molar-refractivity contribution is -0.141. The number of β-amino-alcohol motifs (C(OH)–C–C–N with tert-alkyl or cyclic N) is 1. The number of aliphatic hydroxyl groups is 1. The first kappa shape index (κ1) is 14.1. The van der Waals surface area contributed by atoms with Gasteiger partial charge < -0.3 is 20.4 Å². The number of carbonyl (C=O) groups is 2. The number of likely N-dealkylation sites (tertiary alicyclic amines) is 1. The van der Waals surface area contributed by atoms with Gasteiger partial charge in [-0.25, -0.2) is 9.59 Å². The van der Waals surface area contributed by atoms with Crippen LogP contribution in [-0.2, 0) is 4.79 Å². The zero-order valence-electron chi connectivity index (χ0n) is 11.2. The minimum Gasteiger partial charge on any atom is -0.480 e. The Morgan fingerprint density at radius 2 is 2.00 bits per heavy atom. The fraction of sp³-hybridized carbons (Fsp3) is 0.846. The Bertz CT molecular complexity index is 361. The minimum absolute atomic E-state index is 0.102. The van der Waals surface area contributed by atoms with Gasteiger partial charge in [0.2, 0.25) is 0 Å². The lowest BCUT2D eigenvalue weighted by Crippen LogP contribution is -2.50. The third-order valence-electron chi connectivity index (χ3n) is 4.09. The van der Waals surface area contributed by atoms with Crippen LogP contribution in [0.4, 0.5) is 4.79 Å². The van der Waals surface area contributed by atoms with Crippen LogP contribution >= 0.6 is 0 Å². The van der Waals surface area contributed by atoms with E-state index in [1.165, 1.54) is 11.3 Å². The van der Waals surface area contributed by atoms with E-state index in [0.717, 1.165) is 19.3 Å². The number of rotatable bonds is 2. The number of urea groups is 1. The molecule has 0 aromatic carbocycles. The van der Waals surface area contributed by atoms with Gasteiger partial charge in [-0.05, 0) is 18.8 Å². The van der Waals surface area contributed by atoms with E-state index in [9.17, 15) is 14.7 Å². The number of aliphatic carboxylic acids is 1. The summed E-state index contributed by atoms with van der Waals surface area (Å²) in [6.45, 7) is 2.27. The number of carboxylic acids is 1. The molecule has 3 N–H and O–H groups in total. The first-order valence-corrected chi connectivity index (χ1v) is 6.95. The van der Waals surface area contributed by atoms with Crippen molar-refractivity contribution in [1.82, 2.24) is 10.2 Å². The van der Waals surface area contributed by atoms with Crippen LogP contribution in [0.3, 0.4) is 0 Å². The molecule has 2 fully saturated rings. The Morgan fingerprint density at radius 3 is 2.63 bits per heavy atom. The molecule has 2 rings (SSSR count). The molecule has 1 aliphatic carbocycles. The molecule has 1 saturated heterocycles. The van der Waals surface area contributed by atoms with Gasteiger partial charge >= 0.3 is 12.0 Å². The molecule has 0 bridgehead atoms. The van der Waals surface area contributed by atoms with Gasteiger partial charge in [0, 0.05) is 19.0 Å². The normalized spacial score (nSPS) is 35.2. The van der Waals surface area contributed by atoms with Gasteiger partial charge in [0.1, 0.15) is 6.04 Å². The van der Waals surface area contributed by atoms with Crippen LogP contribution < -0.4 is 5.32 Å². The molecule has 0 radical (unpaired) electrons. The van der Waals surface area contributed by atoms with Gasteiger partial charge in [0.05, 0.1) is 6.10 Å². The highest BCUT2D eigenvalue weighted by Crippen LogP contribution is 2.24. The topological polar surface area (TPSA) is 89.9 Å². The lowest BCUT2D eigenvalue weighted by Gasteiger charge is -2.30. The summed E-state index contributed by atoms with van der Waals surface area (Å²) in [5.41, 5.74) is 0. The second-order valence-corrected chi connectivity index (χ2v) is 5.81. The van der Waals surface area contributed by atoms with Crippen molar-refractivity contribution < 1.29 is 19.8 Å². The number of amides is 2. The van der Waals surface area contributed by atoms with Crippen LogP contribution in [-0.4, -0.2) is 51.8 Å². The van der Waals surface area contributed by atoms with Crippen LogP contribution in [0.5, 0.6) is 0 Å². The number of nitrogens with one attached hydrogen (secondary N) is 1. The summed E-state index contributed by atoms with van der Waals surface area (Å²) < 4.78 is 0. The molecule has 1 heterocycles. The zero-order valence-corrected chi connectivity index (χ0v) is 11.2. The molecule has 6 heteroatoms. The van der Waals surface area contributed by atoms with Crippen molar-refractivity contribution in [3.8, 4) is 0 Å². The summed E-state index contributed by atoms with van der Waals surface area (Å²) in [5.74, 6) is -0.456. The largest absolute Gasteiger partial charge is 0.480 e. The van der Waals surface area contributed by atoms with E-state index in [0.29, 0.717) is 5.92 Å². The van der Waals surface area contributed by atoms with Crippen molar-refractivity contribution in [1.29, 1.82) is 0 Å². The minimum atomic E-state index is -1.05. The van der Waals surface area contributed by atoms with Crippen LogP contribution in [0.1, 0.15) is 39.0 Å². The number of hydrogen-bond donors (Lipinski definition) is 3. The standard InChI is InChI=1S/C13H22N2O4/c1-8-3-2-4-9(5-8)14-13(19)15-7-10(16)6-11(15)12(17)18/h8-11,16H,2-7H2,1H3,(H,14,19)(H,17,18)/t8?,9?,10?,11-/m0/s1. The Balaban J connectivity index is 1.93. The van der Waals surface area contributed by atoms with Crippen LogP contribution in [0, 0.1) is 5.92 Å². The van der Waals surface area contributed by atoms with Gasteiger partial charge in [-0.2, -0.15) is 0 Å². The number of hydrogen-bond acceptors (Lipinski definition) is 3. The second kappa shape index (κ2) is 5.77. The molecular weight excluding hydrogens is 248 g/mol. The number of nitrogens with zero attached hydrogens (tertiary/aromatic N) is 1. The molecule has 2 amide bonds. The maximum absolute atomic E-state index is 12.1. The molecule has 0 aromatic rings.